The van der Waals surface area contributed by atoms with Crippen LogP contribution in [0, 0.1) is 0 Å². The van der Waals surface area contributed by atoms with Crippen LogP contribution in [-0.2, 0) is 0 Å². The largest absolute Gasteiger partial charge is 0.208 e. The van der Waals surface area contributed by atoms with Crippen LogP contribution in [0.25, 0.3) is 88.7 Å². The highest BCUT2D eigenvalue weighted by molar-refractivity contribution is 6.09. The Hall–Kier alpha value is -6.45. The number of hydrogen-bond acceptors (Lipinski definition) is 3. The lowest BCUT2D eigenvalue weighted by molar-refractivity contribution is 1.07. The molecule has 1 aromatic heterocycles. The van der Waals surface area contributed by atoms with Gasteiger partial charge in [-0.2, -0.15) is 0 Å². The van der Waals surface area contributed by atoms with E-state index in [2.05, 4.69) is 115 Å². The standard InChI is InChI=1S/C45H29N3/c1-3-12-32(13-4-1)43-46-44(33-14-5-2-6-15-33)48-45(47-43)38-26-23-34-27-36(25-22-35(34)28-38)40-17-9-10-18-41(40)37-24-21-31-20-19-30-11-7-8-16-39(30)42(31)29-37/h1-29H. The maximum absolute atomic E-state index is 4.93. The Morgan fingerprint density at radius 1 is 0.250 bits per heavy atom. The van der Waals surface area contributed by atoms with Crippen molar-refractivity contribution in [1.29, 1.82) is 0 Å². The molecule has 0 N–H and O–H groups in total. The summed E-state index contributed by atoms with van der Waals surface area (Å²) in [5.74, 6) is 1.98. The van der Waals surface area contributed by atoms with E-state index in [1.165, 1.54) is 43.8 Å². The van der Waals surface area contributed by atoms with Crippen molar-refractivity contribution in [2.45, 2.75) is 0 Å². The molecule has 0 aliphatic carbocycles. The van der Waals surface area contributed by atoms with E-state index in [-0.39, 0.29) is 0 Å². The number of rotatable bonds is 5. The average Bonchev–Trinajstić information content (AvgIpc) is 3.17. The summed E-state index contributed by atoms with van der Waals surface area (Å²) in [6, 6.07) is 61.9. The van der Waals surface area contributed by atoms with Gasteiger partial charge in [0.1, 0.15) is 0 Å². The lowest BCUT2D eigenvalue weighted by Crippen LogP contribution is -2.00. The summed E-state index contributed by atoms with van der Waals surface area (Å²) in [6.45, 7) is 0. The molecule has 0 spiro atoms. The van der Waals surface area contributed by atoms with E-state index in [1.807, 2.05) is 60.7 Å². The number of aromatic nitrogens is 3. The molecule has 0 bridgehead atoms. The van der Waals surface area contributed by atoms with Gasteiger partial charge in [0.25, 0.3) is 0 Å². The topological polar surface area (TPSA) is 38.7 Å². The van der Waals surface area contributed by atoms with Crippen LogP contribution in [-0.4, -0.2) is 15.0 Å². The second-order valence-electron chi connectivity index (χ2n) is 12.1. The van der Waals surface area contributed by atoms with Crippen molar-refractivity contribution in [2.75, 3.05) is 0 Å². The Kier molecular flexibility index (Phi) is 6.80. The van der Waals surface area contributed by atoms with Gasteiger partial charge in [0, 0.05) is 16.7 Å². The fraction of sp³-hybridized carbons (Fsp3) is 0. The Morgan fingerprint density at radius 3 is 1.29 bits per heavy atom. The van der Waals surface area contributed by atoms with Gasteiger partial charge in [-0.15, -0.1) is 0 Å². The molecule has 1 heterocycles. The fourth-order valence-corrected chi connectivity index (χ4v) is 6.65. The van der Waals surface area contributed by atoms with E-state index in [4.69, 9.17) is 15.0 Å². The maximum Gasteiger partial charge on any atom is 0.164 e. The summed E-state index contributed by atoms with van der Waals surface area (Å²) in [5, 5.41) is 7.36. The van der Waals surface area contributed by atoms with Crippen LogP contribution in [0.5, 0.6) is 0 Å². The first-order valence-electron chi connectivity index (χ1n) is 16.2. The lowest BCUT2D eigenvalue weighted by atomic mass is 9.91. The molecule has 48 heavy (non-hydrogen) atoms. The van der Waals surface area contributed by atoms with Gasteiger partial charge in [0.05, 0.1) is 0 Å². The molecular formula is C45H29N3. The van der Waals surface area contributed by atoms with E-state index in [0.717, 1.165) is 27.5 Å². The fourth-order valence-electron chi connectivity index (χ4n) is 6.65. The van der Waals surface area contributed by atoms with Crippen molar-refractivity contribution in [2.24, 2.45) is 0 Å². The quantitative estimate of drug-likeness (QED) is 0.182. The van der Waals surface area contributed by atoms with Gasteiger partial charge in [-0.05, 0) is 72.8 Å². The normalized spacial score (nSPS) is 11.3. The minimum atomic E-state index is 0.655. The van der Waals surface area contributed by atoms with Gasteiger partial charge in [0.2, 0.25) is 0 Å². The highest BCUT2D eigenvalue weighted by Crippen LogP contribution is 2.37. The molecular weight excluding hydrogens is 583 g/mol. The van der Waals surface area contributed by atoms with Crippen LogP contribution < -0.4 is 0 Å². The predicted octanol–water partition coefficient (Wildman–Crippen LogP) is 11.7. The Balaban J connectivity index is 1.12. The van der Waals surface area contributed by atoms with Crippen LogP contribution in [0.3, 0.4) is 0 Å². The zero-order valence-electron chi connectivity index (χ0n) is 26.1. The van der Waals surface area contributed by atoms with E-state index in [9.17, 15) is 0 Å². The van der Waals surface area contributed by atoms with Gasteiger partial charge in [-0.1, -0.05) is 158 Å². The van der Waals surface area contributed by atoms with Crippen LogP contribution in [0.15, 0.2) is 176 Å². The zero-order valence-corrected chi connectivity index (χ0v) is 26.1. The first-order valence-corrected chi connectivity index (χ1v) is 16.2. The van der Waals surface area contributed by atoms with E-state index < -0.39 is 0 Å². The third-order valence-electron chi connectivity index (χ3n) is 9.09. The van der Waals surface area contributed by atoms with Crippen molar-refractivity contribution < 1.29 is 0 Å². The molecule has 9 aromatic rings. The van der Waals surface area contributed by atoms with Crippen LogP contribution >= 0.6 is 0 Å². The molecule has 0 aliphatic rings. The van der Waals surface area contributed by atoms with Crippen LogP contribution in [0.4, 0.5) is 0 Å². The Labute approximate surface area is 278 Å². The number of fused-ring (bicyclic) bond motifs is 4. The van der Waals surface area contributed by atoms with Gasteiger partial charge in [0.15, 0.2) is 17.5 Å². The average molecular weight is 612 g/mol. The zero-order chi connectivity index (χ0) is 31.9. The van der Waals surface area contributed by atoms with Gasteiger partial charge >= 0.3 is 0 Å². The highest BCUT2D eigenvalue weighted by atomic mass is 15.0. The molecule has 0 atom stereocenters. The summed E-state index contributed by atoms with van der Waals surface area (Å²) >= 11 is 0. The number of benzene rings is 8. The molecule has 0 radical (unpaired) electrons. The van der Waals surface area contributed by atoms with Crippen molar-refractivity contribution in [1.82, 2.24) is 15.0 Å². The van der Waals surface area contributed by atoms with Gasteiger partial charge in [-0.25, -0.2) is 15.0 Å². The summed E-state index contributed by atoms with van der Waals surface area (Å²) < 4.78 is 0. The Bertz CT molecular complexity index is 2550. The molecule has 8 aromatic carbocycles. The lowest BCUT2D eigenvalue weighted by Gasteiger charge is -2.13. The van der Waals surface area contributed by atoms with Crippen LogP contribution in [0.1, 0.15) is 0 Å². The maximum atomic E-state index is 4.93. The van der Waals surface area contributed by atoms with E-state index in [1.54, 1.807) is 0 Å². The van der Waals surface area contributed by atoms with Crippen molar-refractivity contribution in [3.05, 3.63) is 176 Å². The summed E-state index contributed by atoms with van der Waals surface area (Å²) in [7, 11) is 0. The van der Waals surface area contributed by atoms with Crippen LogP contribution in [0.2, 0.25) is 0 Å². The minimum absolute atomic E-state index is 0.655. The Morgan fingerprint density at radius 2 is 0.667 bits per heavy atom. The van der Waals surface area contributed by atoms with E-state index in [0.29, 0.717) is 17.5 Å². The van der Waals surface area contributed by atoms with Gasteiger partial charge in [-0.3, -0.25) is 0 Å². The molecule has 0 amide bonds. The van der Waals surface area contributed by atoms with Crippen molar-refractivity contribution in [3.63, 3.8) is 0 Å². The molecule has 0 saturated carbocycles. The predicted molar refractivity (Wildman–Crippen MR) is 200 cm³/mol. The molecule has 0 saturated heterocycles. The van der Waals surface area contributed by atoms with Crippen molar-refractivity contribution in [3.8, 4) is 56.4 Å². The summed E-state index contributed by atoms with van der Waals surface area (Å²) in [4.78, 5) is 14.7. The molecule has 0 aliphatic heterocycles. The monoisotopic (exact) mass is 611 g/mol. The smallest absolute Gasteiger partial charge is 0.164 e. The van der Waals surface area contributed by atoms with Crippen molar-refractivity contribution >= 4 is 32.3 Å². The summed E-state index contributed by atoms with van der Waals surface area (Å²) in [5.41, 5.74) is 7.70. The third-order valence-corrected chi connectivity index (χ3v) is 9.09. The first-order chi connectivity index (χ1) is 23.8. The summed E-state index contributed by atoms with van der Waals surface area (Å²) in [6.07, 6.45) is 0. The molecule has 3 nitrogen and oxygen atoms in total. The minimum Gasteiger partial charge on any atom is -0.208 e. The van der Waals surface area contributed by atoms with E-state index >= 15 is 0 Å². The molecule has 9 rings (SSSR count). The molecule has 0 fully saturated rings. The first kappa shape index (κ1) is 27.8. The molecule has 224 valence electrons. The number of nitrogens with zero attached hydrogens (tertiary/aromatic N) is 3. The highest BCUT2D eigenvalue weighted by Gasteiger charge is 2.14. The third kappa shape index (κ3) is 5.08. The second kappa shape index (κ2) is 11.7. The number of hydrogen-bond donors (Lipinski definition) is 0. The SMILES string of the molecule is c1ccc(-c2nc(-c3ccccc3)nc(-c3ccc4cc(-c5ccccc5-c5ccc6ccc7ccccc7c6c5)ccc4c3)n2)cc1. The molecule has 3 heteroatoms. The second-order valence-corrected chi connectivity index (χ2v) is 12.1. The van der Waals surface area contributed by atoms with Gasteiger partial charge < -0.3 is 0 Å². The molecule has 0 unspecified atom stereocenters.